The van der Waals surface area contributed by atoms with Gasteiger partial charge in [0, 0.05) is 23.6 Å². The molecule has 0 fully saturated rings. The predicted octanol–water partition coefficient (Wildman–Crippen LogP) is 3.62. The van der Waals surface area contributed by atoms with Gasteiger partial charge in [0.25, 0.3) is 5.69 Å². The molecule has 0 amide bonds. The van der Waals surface area contributed by atoms with Crippen molar-refractivity contribution in [2.45, 2.75) is 6.42 Å². The van der Waals surface area contributed by atoms with Gasteiger partial charge in [0.15, 0.2) is 5.90 Å². The number of hydrogen-bond donors (Lipinski definition) is 1. The molecular weight excluding hydrogens is 308 g/mol. The number of nitrogens with one attached hydrogen (secondary N) is 1. The molecule has 0 spiro atoms. The third-order valence-corrected chi connectivity index (χ3v) is 3.04. The van der Waals surface area contributed by atoms with Crippen LogP contribution in [-0.4, -0.2) is 16.8 Å². The van der Waals surface area contributed by atoms with Crippen molar-refractivity contribution in [1.82, 2.24) is 0 Å². The SMILES string of the molecule is N=C(Cc1ccc(Cl)cc1)OC(=O)c1cccc([N+](=O)[O-])c1. The lowest BCUT2D eigenvalue weighted by Gasteiger charge is -2.06. The Bertz CT molecular complexity index is 729. The number of rotatable bonds is 4. The Morgan fingerprint density at radius 1 is 1.23 bits per heavy atom. The fourth-order valence-electron chi connectivity index (χ4n) is 1.74. The fourth-order valence-corrected chi connectivity index (χ4v) is 1.87. The third kappa shape index (κ3) is 4.13. The monoisotopic (exact) mass is 318 g/mol. The van der Waals surface area contributed by atoms with Crippen molar-refractivity contribution in [3.05, 3.63) is 74.8 Å². The summed E-state index contributed by atoms with van der Waals surface area (Å²) >= 11 is 5.76. The summed E-state index contributed by atoms with van der Waals surface area (Å²) in [7, 11) is 0. The van der Waals surface area contributed by atoms with Crippen LogP contribution in [0.15, 0.2) is 48.5 Å². The van der Waals surface area contributed by atoms with Gasteiger partial charge in [-0.3, -0.25) is 15.5 Å². The van der Waals surface area contributed by atoms with Crippen molar-refractivity contribution in [2.24, 2.45) is 0 Å². The van der Waals surface area contributed by atoms with E-state index in [-0.39, 0.29) is 23.6 Å². The molecule has 0 radical (unpaired) electrons. The number of carbonyl (C=O) groups is 1. The van der Waals surface area contributed by atoms with Crippen LogP contribution in [0.3, 0.4) is 0 Å². The minimum Gasteiger partial charge on any atom is -0.408 e. The highest BCUT2D eigenvalue weighted by molar-refractivity contribution is 6.30. The average molecular weight is 319 g/mol. The number of benzene rings is 2. The number of esters is 1. The average Bonchev–Trinajstić information content (AvgIpc) is 2.49. The molecule has 0 atom stereocenters. The first-order valence-corrected chi connectivity index (χ1v) is 6.62. The molecule has 2 rings (SSSR count). The lowest BCUT2D eigenvalue weighted by Crippen LogP contribution is -2.14. The van der Waals surface area contributed by atoms with Gasteiger partial charge in [0.2, 0.25) is 0 Å². The highest BCUT2D eigenvalue weighted by Gasteiger charge is 2.14. The van der Waals surface area contributed by atoms with E-state index in [1.165, 1.54) is 18.2 Å². The number of hydrogen-bond acceptors (Lipinski definition) is 5. The molecule has 0 aliphatic rings. The molecule has 0 aromatic heterocycles. The van der Waals surface area contributed by atoms with E-state index in [0.717, 1.165) is 11.6 Å². The molecular formula is C15H11ClN2O4. The minimum atomic E-state index is -0.803. The lowest BCUT2D eigenvalue weighted by atomic mass is 10.1. The topological polar surface area (TPSA) is 93.3 Å². The van der Waals surface area contributed by atoms with Gasteiger partial charge in [-0.25, -0.2) is 4.79 Å². The number of nitro groups is 1. The zero-order chi connectivity index (χ0) is 16.1. The molecule has 22 heavy (non-hydrogen) atoms. The molecule has 2 aromatic carbocycles. The maximum absolute atomic E-state index is 11.9. The Morgan fingerprint density at radius 3 is 2.55 bits per heavy atom. The van der Waals surface area contributed by atoms with Gasteiger partial charge in [-0.2, -0.15) is 0 Å². The standard InChI is InChI=1S/C15H11ClN2O4/c16-12-6-4-10(5-7-12)8-14(17)22-15(19)11-2-1-3-13(9-11)18(20)21/h1-7,9,17H,8H2. The van der Waals surface area contributed by atoms with E-state index in [0.29, 0.717) is 5.02 Å². The highest BCUT2D eigenvalue weighted by atomic mass is 35.5. The van der Waals surface area contributed by atoms with Crippen LogP contribution >= 0.6 is 11.6 Å². The molecule has 112 valence electrons. The largest absolute Gasteiger partial charge is 0.408 e. The second kappa shape index (κ2) is 6.82. The molecule has 1 N–H and O–H groups in total. The maximum Gasteiger partial charge on any atom is 0.344 e. The van der Waals surface area contributed by atoms with Crippen LogP contribution in [0.4, 0.5) is 5.69 Å². The zero-order valence-electron chi connectivity index (χ0n) is 11.3. The number of non-ortho nitro benzene ring substituents is 1. The predicted molar refractivity (Wildman–Crippen MR) is 81.4 cm³/mol. The molecule has 0 aliphatic carbocycles. The van der Waals surface area contributed by atoms with Crippen molar-refractivity contribution in [3.63, 3.8) is 0 Å². The fraction of sp³-hybridized carbons (Fsp3) is 0.0667. The quantitative estimate of drug-likeness (QED) is 0.306. The molecule has 2 aromatic rings. The number of ether oxygens (including phenoxy) is 1. The van der Waals surface area contributed by atoms with Gasteiger partial charge in [0.1, 0.15) is 0 Å². The first-order valence-electron chi connectivity index (χ1n) is 6.24. The molecule has 0 heterocycles. The van der Waals surface area contributed by atoms with Crippen LogP contribution < -0.4 is 0 Å². The lowest BCUT2D eigenvalue weighted by molar-refractivity contribution is -0.384. The number of nitrogens with zero attached hydrogens (tertiary/aromatic N) is 1. The summed E-state index contributed by atoms with van der Waals surface area (Å²) in [4.78, 5) is 21.9. The summed E-state index contributed by atoms with van der Waals surface area (Å²) in [5.41, 5.74) is 0.579. The van der Waals surface area contributed by atoms with Crippen molar-refractivity contribution in [3.8, 4) is 0 Å². The summed E-state index contributed by atoms with van der Waals surface area (Å²) in [6, 6.07) is 11.9. The van der Waals surface area contributed by atoms with Gasteiger partial charge < -0.3 is 4.74 Å². The van der Waals surface area contributed by atoms with Crippen molar-refractivity contribution < 1.29 is 14.5 Å². The summed E-state index contributed by atoms with van der Waals surface area (Å²) < 4.78 is 4.89. The van der Waals surface area contributed by atoms with E-state index in [2.05, 4.69) is 0 Å². The number of nitro benzene ring substituents is 1. The Hall–Kier alpha value is -2.73. The Morgan fingerprint density at radius 2 is 1.91 bits per heavy atom. The summed E-state index contributed by atoms with van der Waals surface area (Å²) in [6.07, 6.45) is 0.123. The second-order valence-corrected chi connectivity index (χ2v) is 4.86. The molecule has 0 aliphatic heterocycles. The first kappa shape index (κ1) is 15.7. The number of carbonyl (C=O) groups excluding carboxylic acids is 1. The highest BCUT2D eigenvalue weighted by Crippen LogP contribution is 2.15. The second-order valence-electron chi connectivity index (χ2n) is 4.42. The van der Waals surface area contributed by atoms with E-state index in [1.54, 1.807) is 24.3 Å². The van der Waals surface area contributed by atoms with Gasteiger partial charge >= 0.3 is 5.97 Å². The summed E-state index contributed by atoms with van der Waals surface area (Å²) in [5.74, 6) is -1.05. The normalized spacial score (nSPS) is 10.0. The summed E-state index contributed by atoms with van der Waals surface area (Å²) in [5, 5.41) is 18.9. The van der Waals surface area contributed by atoms with E-state index in [1.807, 2.05) is 0 Å². The first-order chi connectivity index (χ1) is 10.5. The van der Waals surface area contributed by atoms with Crippen LogP contribution in [0.2, 0.25) is 5.02 Å². The van der Waals surface area contributed by atoms with Gasteiger partial charge in [-0.1, -0.05) is 29.8 Å². The molecule has 6 nitrogen and oxygen atoms in total. The Balaban J connectivity index is 2.02. The molecule has 7 heteroatoms. The van der Waals surface area contributed by atoms with E-state index < -0.39 is 10.9 Å². The molecule has 0 unspecified atom stereocenters. The third-order valence-electron chi connectivity index (χ3n) is 2.79. The van der Waals surface area contributed by atoms with Gasteiger partial charge in [-0.05, 0) is 23.8 Å². The summed E-state index contributed by atoms with van der Waals surface area (Å²) in [6.45, 7) is 0. The molecule has 0 saturated heterocycles. The Kier molecular flexibility index (Phi) is 4.85. The van der Waals surface area contributed by atoms with E-state index in [9.17, 15) is 14.9 Å². The van der Waals surface area contributed by atoms with E-state index in [4.69, 9.17) is 21.7 Å². The zero-order valence-corrected chi connectivity index (χ0v) is 12.0. The van der Waals surface area contributed by atoms with Crippen molar-refractivity contribution >= 4 is 29.2 Å². The van der Waals surface area contributed by atoms with Crippen molar-refractivity contribution in [1.29, 1.82) is 5.41 Å². The Labute approximate surface area is 130 Å². The smallest absolute Gasteiger partial charge is 0.344 e. The number of halogens is 1. The minimum absolute atomic E-state index is 0.0232. The van der Waals surface area contributed by atoms with Crippen LogP contribution in [0.5, 0.6) is 0 Å². The van der Waals surface area contributed by atoms with Gasteiger partial charge in [0.05, 0.1) is 10.5 Å². The van der Waals surface area contributed by atoms with Crippen LogP contribution in [0, 0.1) is 15.5 Å². The van der Waals surface area contributed by atoms with Gasteiger partial charge in [-0.15, -0.1) is 0 Å². The van der Waals surface area contributed by atoms with Crippen molar-refractivity contribution in [2.75, 3.05) is 0 Å². The maximum atomic E-state index is 11.9. The van der Waals surface area contributed by atoms with Crippen LogP contribution in [0.1, 0.15) is 15.9 Å². The van der Waals surface area contributed by atoms with Crippen LogP contribution in [0.25, 0.3) is 0 Å². The molecule has 0 saturated carbocycles. The van der Waals surface area contributed by atoms with Crippen LogP contribution in [-0.2, 0) is 11.2 Å². The van der Waals surface area contributed by atoms with E-state index >= 15 is 0 Å². The molecule has 0 bridgehead atoms.